The SMILES string of the molecule is COC(=O)C1=C(C)N=c2s/c(=C/c3cccc(Cl)c3Cl)c(=O)n2C1c1ccccc1. The van der Waals surface area contributed by atoms with E-state index in [0.29, 0.717) is 36.2 Å². The normalized spacial score (nSPS) is 16.3. The zero-order chi connectivity index (χ0) is 21.4. The summed E-state index contributed by atoms with van der Waals surface area (Å²) in [7, 11) is 1.32. The maximum Gasteiger partial charge on any atom is 0.338 e. The Labute approximate surface area is 186 Å². The molecule has 0 radical (unpaired) electrons. The summed E-state index contributed by atoms with van der Waals surface area (Å²) in [6.07, 6.45) is 1.69. The average molecular weight is 459 g/mol. The Morgan fingerprint density at radius 1 is 1.17 bits per heavy atom. The van der Waals surface area contributed by atoms with Crippen molar-refractivity contribution in [2.45, 2.75) is 13.0 Å². The fourth-order valence-electron chi connectivity index (χ4n) is 3.42. The van der Waals surface area contributed by atoms with Gasteiger partial charge in [0.15, 0.2) is 4.80 Å². The molecule has 1 unspecified atom stereocenters. The number of nitrogens with zero attached hydrogens (tertiary/aromatic N) is 2. The van der Waals surface area contributed by atoms with Gasteiger partial charge in [0.25, 0.3) is 5.56 Å². The van der Waals surface area contributed by atoms with Crippen LogP contribution < -0.4 is 14.9 Å². The Hall–Kier alpha value is -2.67. The van der Waals surface area contributed by atoms with E-state index in [-0.39, 0.29) is 5.56 Å². The summed E-state index contributed by atoms with van der Waals surface area (Å²) in [5.74, 6) is -0.516. The third kappa shape index (κ3) is 3.51. The van der Waals surface area contributed by atoms with E-state index in [2.05, 4.69) is 4.99 Å². The van der Waals surface area contributed by atoms with Gasteiger partial charge in [-0.25, -0.2) is 9.79 Å². The molecule has 152 valence electrons. The summed E-state index contributed by atoms with van der Waals surface area (Å²) in [6.45, 7) is 1.74. The molecule has 4 rings (SSSR count). The van der Waals surface area contributed by atoms with Gasteiger partial charge < -0.3 is 4.74 Å². The number of carbonyl (C=O) groups is 1. The number of methoxy groups -OCH3 is 1. The van der Waals surface area contributed by atoms with Crippen LogP contribution in [0.2, 0.25) is 10.0 Å². The van der Waals surface area contributed by atoms with E-state index in [0.717, 1.165) is 5.56 Å². The summed E-state index contributed by atoms with van der Waals surface area (Å²) in [4.78, 5) is 31.0. The van der Waals surface area contributed by atoms with E-state index in [4.69, 9.17) is 27.9 Å². The molecule has 1 aromatic heterocycles. The summed E-state index contributed by atoms with van der Waals surface area (Å²) in [6, 6.07) is 14.0. The van der Waals surface area contributed by atoms with E-state index in [1.807, 2.05) is 30.3 Å². The van der Waals surface area contributed by atoms with E-state index in [1.54, 1.807) is 31.2 Å². The van der Waals surface area contributed by atoms with Gasteiger partial charge in [-0.15, -0.1) is 0 Å². The number of halogens is 2. The van der Waals surface area contributed by atoms with Gasteiger partial charge in [-0.05, 0) is 30.2 Å². The molecule has 0 N–H and O–H groups in total. The third-order valence-electron chi connectivity index (χ3n) is 4.81. The minimum absolute atomic E-state index is 0.266. The van der Waals surface area contributed by atoms with Crippen LogP contribution in [0, 0.1) is 0 Å². The third-order valence-corrected chi connectivity index (χ3v) is 6.63. The molecule has 0 amide bonds. The Morgan fingerprint density at radius 2 is 1.90 bits per heavy atom. The average Bonchev–Trinajstić information content (AvgIpc) is 3.05. The standard InChI is InChI=1S/C22H16Cl2N2O3S/c1-12-17(21(28)29-2)19(13-7-4-3-5-8-13)26-20(27)16(30-22(26)25-12)11-14-9-6-10-15(23)18(14)24/h3-11,19H,1-2H3/b16-11+. The van der Waals surface area contributed by atoms with Crippen molar-refractivity contribution in [2.24, 2.45) is 4.99 Å². The number of thiazole rings is 1. The highest BCUT2D eigenvalue weighted by Gasteiger charge is 2.32. The van der Waals surface area contributed by atoms with E-state index in [9.17, 15) is 9.59 Å². The van der Waals surface area contributed by atoms with Crippen molar-refractivity contribution in [2.75, 3.05) is 7.11 Å². The smallest absolute Gasteiger partial charge is 0.338 e. The molecule has 3 aromatic rings. The molecule has 0 fully saturated rings. The minimum Gasteiger partial charge on any atom is -0.466 e. The van der Waals surface area contributed by atoms with Crippen molar-refractivity contribution < 1.29 is 9.53 Å². The fraction of sp³-hybridized carbons (Fsp3) is 0.136. The van der Waals surface area contributed by atoms with Gasteiger partial charge in [0.05, 0.1) is 39.0 Å². The first-order chi connectivity index (χ1) is 14.4. The number of aromatic nitrogens is 1. The highest BCUT2D eigenvalue weighted by Crippen LogP contribution is 2.30. The maximum absolute atomic E-state index is 13.4. The quantitative estimate of drug-likeness (QED) is 0.561. The molecule has 0 saturated carbocycles. The monoisotopic (exact) mass is 458 g/mol. The lowest BCUT2D eigenvalue weighted by atomic mass is 9.96. The van der Waals surface area contributed by atoms with Crippen LogP contribution in [0.3, 0.4) is 0 Å². The highest BCUT2D eigenvalue weighted by atomic mass is 35.5. The lowest BCUT2D eigenvalue weighted by Gasteiger charge is -2.24. The molecule has 30 heavy (non-hydrogen) atoms. The van der Waals surface area contributed by atoms with E-state index < -0.39 is 12.0 Å². The summed E-state index contributed by atoms with van der Waals surface area (Å²) >= 11 is 13.6. The Balaban J connectivity index is 2.00. The second-order valence-corrected chi connectivity index (χ2v) is 8.42. The van der Waals surface area contributed by atoms with Gasteiger partial charge in [0.2, 0.25) is 0 Å². The first-order valence-electron chi connectivity index (χ1n) is 9.02. The molecule has 1 atom stereocenters. The van der Waals surface area contributed by atoms with Gasteiger partial charge in [0, 0.05) is 0 Å². The van der Waals surface area contributed by atoms with Crippen molar-refractivity contribution in [3.63, 3.8) is 0 Å². The minimum atomic E-state index is -0.633. The predicted molar refractivity (Wildman–Crippen MR) is 119 cm³/mol. The molecule has 5 nitrogen and oxygen atoms in total. The van der Waals surface area contributed by atoms with Gasteiger partial charge in [0.1, 0.15) is 0 Å². The van der Waals surface area contributed by atoms with Crippen LogP contribution >= 0.6 is 34.5 Å². The number of esters is 1. The molecule has 0 bridgehead atoms. The first-order valence-corrected chi connectivity index (χ1v) is 10.6. The molecule has 2 heterocycles. The Kier molecular flexibility index (Phi) is 5.64. The summed E-state index contributed by atoms with van der Waals surface area (Å²) in [5.41, 5.74) is 2.01. The molecule has 1 aliphatic rings. The lowest BCUT2D eigenvalue weighted by Crippen LogP contribution is -2.39. The number of carbonyl (C=O) groups excluding carboxylic acids is 1. The van der Waals surface area contributed by atoms with Crippen LogP contribution in [0.1, 0.15) is 24.1 Å². The number of ether oxygens (including phenoxy) is 1. The molecule has 0 saturated heterocycles. The van der Waals surface area contributed by atoms with Crippen LogP contribution in [0.15, 0.2) is 69.6 Å². The largest absolute Gasteiger partial charge is 0.466 e. The lowest BCUT2D eigenvalue weighted by molar-refractivity contribution is -0.136. The number of rotatable bonds is 3. The first kappa shape index (κ1) is 20.6. The van der Waals surface area contributed by atoms with Crippen molar-refractivity contribution in [3.8, 4) is 0 Å². The number of hydrogen-bond acceptors (Lipinski definition) is 5. The zero-order valence-electron chi connectivity index (χ0n) is 16.1. The molecule has 0 aliphatic carbocycles. The topological polar surface area (TPSA) is 60.7 Å². The second-order valence-electron chi connectivity index (χ2n) is 6.63. The van der Waals surface area contributed by atoms with E-state index >= 15 is 0 Å². The predicted octanol–water partition coefficient (Wildman–Crippen LogP) is 3.72. The highest BCUT2D eigenvalue weighted by molar-refractivity contribution is 7.07. The zero-order valence-corrected chi connectivity index (χ0v) is 18.4. The molecular formula is C22H16Cl2N2O3S. The second kappa shape index (κ2) is 8.22. The number of fused-ring (bicyclic) bond motifs is 1. The Morgan fingerprint density at radius 3 is 2.60 bits per heavy atom. The van der Waals surface area contributed by atoms with Gasteiger partial charge in [-0.2, -0.15) is 0 Å². The van der Waals surface area contributed by atoms with Crippen LogP contribution in [-0.2, 0) is 9.53 Å². The van der Waals surface area contributed by atoms with Crippen LogP contribution in [-0.4, -0.2) is 17.6 Å². The van der Waals surface area contributed by atoms with Crippen molar-refractivity contribution in [1.82, 2.24) is 4.57 Å². The molecule has 1 aliphatic heterocycles. The molecular weight excluding hydrogens is 443 g/mol. The van der Waals surface area contributed by atoms with E-state index in [1.165, 1.54) is 23.0 Å². The van der Waals surface area contributed by atoms with Crippen LogP contribution in [0.25, 0.3) is 6.08 Å². The number of benzene rings is 2. The Bertz CT molecular complexity index is 1360. The molecule has 8 heteroatoms. The van der Waals surface area contributed by atoms with Gasteiger partial charge >= 0.3 is 5.97 Å². The van der Waals surface area contributed by atoms with Gasteiger partial charge in [-0.3, -0.25) is 9.36 Å². The molecule has 2 aromatic carbocycles. The number of hydrogen-bond donors (Lipinski definition) is 0. The number of allylic oxidation sites excluding steroid dienone is 1. The summed E-state index contributed by atoms with van der Waals surface area (Å²) < 4.78 is 6.96. The fourth-order valence-corrected chi connectivity index (χ4v) is 4.82. The van der Waals surface area contributed by atoms with Crippen molar-refractivity contribution >= 4 is 46.6 Å². The molecule has 0 spiro atoms. The van der Waals surface area contributed by atoms with Crippen molar-refractivity contribution in [1.29, 1.82) is 0 Å². The van der Waals surface area contributed by atoms with Crippen molar-refractivity contribution in [3.05, 3.63) is 101 Å². The summed E-state index contributed by atoms with van der Waals surface area (Å²) in [5, 5.41) is 0.778. The van der Waals surface area contributed by atoms with Gasteiger partial charge in [-0.1, -0.05) is 77.0 Å². The van der Waals surface area contributed by atoms with Crippen LogP contribution in [0.5, 0.6) is 0 Å². The van der Waals surface area contributed by atoms with Crippen LogP contribution in [0.4, 0.5) is 0 Å². The maximum atomic E-state index is 13.4.